The molecule has 1 aliphatic rings. The molecule has 3 N–H and O–H groups in total. The Balaban J connectivity index is 2.36. The highest BCUT2D eigenvalue weighted by Gasteiger charge is 2.49. The first-order valence-electron chi connectivity index (χ1n) is 5.35. The van der Waals surface area contributed by atoms with Gasteiger partial charge in [0.05, 0.1) is 0 Å². The summed E-state index contributed by atoms with van der Waals surface area (Å²) in [6, 6.07) is 6.49. The monoisotopic (exact) mass is 227 g/mol. The molecule has 1 fully saturated rings. The summed E-state index contributed by atoms with van der Waals surface area (Å²) in [5.41, 5.74) is 5.69. The number of benzene rings is 1. The first-order chi connectivity index (χ1) is 7.47. The normalized spacial score (nSPS) is 28.2. The fourth-order valence-electron chi connectivity index (χ4n) is 2.47. The van der Waals surface area contributed by atoms with Gasteiger partial charge in [0, 0.05) is 24.8 Å². The summed E-state index contributed by atoms with van der Waals surface area (Å²) in [5, 5.41) is 9.39. The molecule has 0 heterocycles. The Morgan fingerprint density at radius 3 is 2.56 bits per heavy atom. The number of hydrogen-bond donors (Lipinski definition) is 2. The zero-order chi connectivity index (χ0) is 11.8. The van der Waals surface area contributed by atoms with E-state index < -0.39 is 11.3 Å². The van der Waals surface area contributed by atoms with Gasteiger partial charge in [0.15, 0.2) is 0 Å². The second kappa shape index (κ2) is 3.70. The van der Waals surface area contributed by atoms with Crippen LogP contribution < -0.4 is 5.73 Å². The van der Waals surface area contributed by atoms with Gasteiger partial charge >= 0.3 is 0 Å². The van der Waals surface area contributed by atoms with Crippen LogP contribution in [0.25, 0.3) is 0 Å². The van der Waals surface area contributed by atoms with Crippen molar-refractivity contribution in [1.29, 1.82) is 0 Å². The molecule has 1 aromatic rings. The van der Waals surface area contributed by atoms with Crippen LogP contribution in [0, 0.1) is 0 Å². The van der Waals surface area contributed by atoms with E-state index in [2.05, 4.69) is 0 Å². The number of alkyl halides is 2. The molecular weight excluding hydrogens is 212 g/mol. The first kappa shape index (κ1) is 11.3. The molecule has 1 atom stereocenters. The SMILES string of the molecule is NCC1(c2cccc(O)c2)CCC(F)(F)C1. The van der Waals surface area contributed by atoms with Crippen molar-refractivity contribution < 1.29 is 13.9 Å². The van der Waals surface area contributed by atoms with E-state index in [1.54, 1.807) is 12.1 Å². The van der Waals surface area contributed by atoms with E-state index in [0.717, 1.165) is 0 Å². The minimum absolute atomic E-state index is 0.0977. The topological polar surface area (TPSA) is 46.2 Å². The smallest absolute Gasteiger partial charge is 0.249 e. The number of aromatic hydroxyl groups is 1. The number of phenols is 1. The molecule has 2 nitrogen and oxygen atoms in total. The van der Waals surface area contributed by atoms with Crippen molar-refractivity contribution in [3.8, 4) is 5.75 Å². The summed E-state index contributed by atoms with van der Waals surface area (Å²) in [4.78, 5) is 0. The largest absolute Gasteiger partial charge is 0.508 e. The molecule has 2 rings (SSSR count). The van der Waals surface area contributed by atoms with Gasteiger partial charge in [-0.05, 0) is 24.1 Å². The molecule has 1 saturated carbocycles. The fraction of sp³-hybridized carbons (Fsp3) is 0.500. The molecule has 1 aromatic carbocycles. The third-order valence-corrected chi connectivity index (χ3v) is 3.42. The Kier molecular flexibility index (Phi) is 2.62. The number of rotatable bonds is 2. The lowest BCUT2D eigenvalue weighted by molar-refractivity contribution is 0.00300. The summed E-state index contributed by atoms with van der Waals surface area (Å²) in [7, 11) is 0. The van der Waals surface area contributed by atoms with Crippen LogP contribution in [0.4, 0.5) is 8.78 Å². The van der Waals surface area contributed by atoms with Gasteiger partial charge in [-0.3, -0.25) is 0 Å². The van der Waals surface area contributed by atoms with Gasteiger partial charge in [-0.25, -0.2) is 8.78 Å². The van der Waals surface area contributed by atoms with Gasteiger partial charge in [0.25, 0.3) is 0 Å². The number of nitrogens with two attached hydrogens (primary N) is 1. The quantitative estimate of drug-likeness (QED) is 0.815. The van der Waals surface area contributed by atoms with E-state index in [-0.39, 0.29) is 25.1 Å². The third kappa shape index (κ3) is 1.89. The van der Waals surface area contributed by atoms with Crippen molar-refractivity contribution >= 4 is 0 Å². The van der Waals surface area contributed by atoms with Crippen LogP contribution in [-0.2, 0) is 5.41 Å². The van der Waals surface area contributed by atoms with Crippen LogP contribution in [0.5, 0.6) is 5.75 Å². The minimum atomic E-state index is -2.63. The van der Waals surface area contributed by atoms with Gasteiger partial charge in [0.1, 0.15) is 5.75 Å². The van der Waals surface area contributed by atoms with Crippen LogP contribution in [0.2, 0.25) is 0 Å². The van der Waals surface area contributed by atoms with Crippen molar-refractivity contribution in [2.45, 2.75) is 30.6 Å². The van der Waals surface area contributed by atoms with E-state index >= 15 is 0 Å². The van der Waals surface area contributed by atoms with Crippen LogP contribution in [0.15, 0.2) is 24.3 Å². The fourth-order valence-corrected chi connectivity index (χ4v) is 2.47. The average Bonchev–Trinajstić information content (AvgIpc) is 2.56. The Morgan fingerprint density at radius 2 is 2.06 bits per heavy atom. The number of hydrogen-bond acceptors (Lipinski definition) is 2. The lowest BCUT2D eigenvalue weighted by Gasteiger charge is -2.28. The predicted octanol–water partition coefficient (Wildman–Crippen LogP) is 2.41. The number of halogens is 2. The maximum absolute atomic E-state index is 13.3. The molecule has 4 heteroatoms. The van der Waals surface area contributed by atoms with E-state index in [4.69, 9.17) is 5.73 Å². The summed E-state index contributed by atoms with van der Waals surface area (Å²) in [6.45, 7) is 0.187. The van der Waals surface area contributed by atoms with Gasteiger partial charge in [-0.15, -0.1) is 0 Å². The average molecular weight is 227 g/mol. The minimum Gasteiger partial charge on any atom is -0.508 e. The highest BCUT2D eigenvalue weighted by Crippen LogP contribution is 2.48. The lowest BCUT2D eigenvalue weighted by atomic mass is 9.79. The van der Waals surface area contributed by atoms with Gasteiger partial charge < -0.3 is 10.8 Å². The second-order valence-corrected chi connectivity index (χ2v) is 4.57. The van der Waals surface area contributed by atoms with E-state index in [1.165, 1.54) is 12.1 Å². The third-order valence-electron chi connectivity index (χ3n) is 3.42. The van der Waals surface area contributed by atoms with E-state index in [9.17, 15) is 13.9 Å². The van der Waals surface area contributed by atoms with Crippen molar-refractivity contribution in [2.75, 3.05) is 6.54 Å². The highest BCUT2D eigenvalue weighted by molar-refractivity contribution is 5.35. The molecule has 0 amide bonds. The molecule has 0 bridgehead atoms. The van der Waals surface area contributed by atoms with Crippen LogP contribution in [0.3, 0.4) is 0 Å². The van der Waals surface area contributed by atoms with Crippen LogP contribution in [0.1, 0.15) is 24.8 Å². The number of phenolic OH excluding ortho intramolecular Hbond substituents is 1. The molecular formula is C12H15F2NO. The molecule has 16 heavy (non-hydrogen) atoms. The summed E-state index contributed by atoms with van der Waals surface area (Å²) < 4.78 is 26.6. The Hall–Kier alpha value is -1.16. The maximum atomic E-state index is 13.3. The van der Waals surface area contributed by atoms with Crippen molar-refractivity contribution in [3.63, 3.8) is 0 Å². The zero-order valence-corrected chi connectivity index (χ0v) is 8.92. The molecule has 1 aliphatic carbocycles. The molecule has 0 radical (unpaired) electrons. The van der Waals surface area contributed by atoms with Gasteiger partial charge in [-0.2, -0.15) is 0 Å². The van der Waals surface area contributed by atoms with Gasteiger partial charge in [0.2, 0.25) is 5.92 Å². The summed E-state index contributed by atoms with van der Waals surface area (Å²) in [5.74, 6) is -2.54. The molecule has 0 aromatic heterocycles. The van der Waals surface area contributed by atoms with Crippen molar-refractivity contribution in [3.05, 3.63) is 29.8 Å². The van der Waals surface area contributed by atoms with Crippen LogP contribution in [-0.4, -0.2) is 17.6 Å². The molecule has 0 aliphatic heterocycles. The lowest BCUT2D eigenvalue weighted by Crippen LogP contribution is -2.33. The standard InChI is InChI=1S/C12H15F2NO/c13-12(14)5-4-11(7-12,8-15)9-2-1-3-10(16)6-9/h1-3,6,16H,4-5,7-8,15H2. The Bertz CT molecular complexity index is 394. The molecule has 0 saturated heterocycles. The second-order valence-electron chi connectivity index (χ2n) is 4.57. The van der Waals surface area contributed by atoms with Crippen molar-refractivity contribution in [1.82, 2.24) is 0 Å². The summed E-state index contributed by atoms with van der Waals surface area (Å²) in [6.07, 6.45) is 0.0275. The van der Waals surface area contributed by atoms with Crippen LogP contribution >= 0.6 is 0 Å². The summed E-state index contributed by atoms with van der Waals surface area (Å²) >= 11 is 0. The predicted molar refractivity (Wildman–Crippen MR) is 57.6 cm³/mol. The highest BCUT2D eigenvalue weighted by atomic mass is 19.3. The Morgan fingerprint density at radius 1 is 1.31 bits per heavy atom. The molecule has 88 valence electrons. The maximum Gasteiger partial charge on any atom is 0.249 e. The van der Waals surface area contributed by atoms with E-state index in [0.29, 0.717) is 12.0 Å². The molecule has 0 spiro atoms. The zero-order valence-electron chi connectivity index (χ0n) is 8.92. The van der Waals surface area contributed by atoms with E-state index in [1.807, 2.05) is 0 Å². The molecule has 1 unspecified atom stereocenters. The van der Waals surface area contributed by atoms with Crippen molar-refractivity contribution in [2.24, 2.45) is 5.73 Å². The first-order valence-corrected chi connectivity index (χ1v) is 5.35. The Labute approximate surface area is 93.1 Å². The van der Waals surface area contributed by atoms with Gasteiger partial charge in [-0.1, -0.05) is 12.1 Å².